The highest BCUT2D eigenvalue weighted by Gasteiger charge is 2.28. The number of hydrogen-bond acceptors (Lipinski definition) is 4. The molecular formula is C20H19FN2O3S2. The zero-order valence-corrected chi connectivity index (χ0v) is 17.0. The first-order chi connectivity index (χ1) is 13.3. The molecule has 1 N–H and O–H groups in total. The second-order valence-corrected chi connectivity index (χ2v) is 9.32. The van der Waals surface area contributed by atoms with Gasteiger partial charge in [0.2, 0.25) is 5.91 Å². The summed E-state index contributed by atoms with van der Waals surface area (Å²) in [7, 11) is -3.96. The average molecular weight is 419 g/mol. The predicted octanol–water partition coefficient (Wildman–Crippen LogP) is 4.34. The summed E-state index contributed by atoms with van der Waals surface area (Å²) in [5, 5.41) is 4.41. The highest BCUT2D eigenvalue weighted by molar-refractivity contribution is 7.94. The van der Waals surface area contributed by atoms with Gasteiger partial charge in [-0.2, -0.15) is 0 Å². The number of halogens is 1. The molecule has 0 unspecified atom stereocenters. The Balaban J connectivity index is 1.92. The first-order valence-electron chi connectivity index (χ1n) is 8.46. The first kappa shape index (κ1) is 20.0. The number of sulfonamides is 1. The Morgan fingerprint density at radius 2 is 1.82 bits per heavy atom. The molecule has 0 radical (unpaired) electrons. The summed E-state index contributed by atoms with van der Waals surface area (Å²) in [6, 6.07) is 13.7. The molecule has 0 fully saturated rings. The Labute approximate surface area is 167 Å². The lowest BCUT2D eigenvalue weighted by Gasteiger charge is -2.23. The molecule has 0 spiro atoms. The molecule has 146 valence electrons. The van der Waals surface area contributed by atoms with Crippen LogP contribution in [0.4, 0.5) is 15.8 Å². The highest BCUT2D eigenvalue weighted by atomic mass is 32.2. The van der Waals surface area contributed by atoms with E-state index in [0.29, 0.717) is 5.69 Å². The Bertz CT molecular complexity index is 1080. The normalized spacial score (nSPS) is 11.2. The van der Waals surface area contributed by atoms with Gasteiger partial charge in [0.1, 0.15) is 16.6 Å². The number of carbonyl (C=O) groups is 1. The van der Waals surface area contributed by atoms with Gasteiger partial charge in [0.15, 0.2) is 0 Å². The minimum atomic E-state index is -3.96. The second-order valence-electron chi connectivity index (χ2n) is 6.29. The summed E-state index contributed by atoms with van der Waals surface area (Å²) in [6.45, 7) is 3.33. The van der Waals surface area contributed by atoms with Crippen LogP contribution in [-0.2, 0) is 14.8 Å². The van der Waals surface area contributed by atoms with Gasteiger partial charge in [-0.15, -0.1) is 11.3 Å². The Hall–Kier alpha value is -2.71. The second kappa shape index (κ2) is 8.12. The van der Waals surface area contributed by atoms with Crippen molar-refractivity contribution in [1.82, 2.24) is 0 Å². The van der Waals surface area contributed by atoms with E-state index in [2.05, 4.69) is 5.32 Å². The van der Waals surface area contributed by atoms with E-state index >= 15 is 0 Å². The topological polar surface area (TPSA) is 66.5 Å². The fraction of sp³-hybridized carbons (Fsp3) is 0.150. The highest BCUT2D eigenvalue weighted by Crippen LogP contribution is 2.27. The third kappa shape index (κ3) is 4.40. The molecule has 28 heavy (non-hydrogen) atoms. The van der Waals surface area contributed by atoms with Gasteiger partial charge in [0.05, 0.1) is 5.69 Å². The molecule has 8 heteroatoms. The lowest BCUT2D eigenvalue weighted by atomic mass is 10.1. The van der Waals surface area contributed by atoms with Gasteiger partial charge in [-0.1, -0.05) is 18.2 Å². The maximum Gasteiger partial charge on any atom is 0.274 e. The van der Waals surface area contributed by atoms with Crippen molar-refractivity contribution in [2.24, 2.45) is 0 Å². The summed E-state index contributed by atoms with van der Waals surface area (Å²) in [5.74, 6) is -0.977. The van der Waals surface area contributed by atoms with E-state index in [0.717, 1.165) is 38.9 Å². The van der Waals surface area contributed by atoms with E-state index < -0.39 is 28.3 Å². The molecule has 0 saturated heterocycles. The van der Waals surface area contributed by atoms with E-state index in [9.17, 15) is 17.6 Å². The molecular weight excluding hydrogens is 399 g/mol. The average Bonchev–Trinajstić information content (AvgIpc) is 3.19. The summed E-state index contributed by atoms with van der Waals surface area (Å²) >= 11 is 1.06. The van der Waals surface area contributed by atoms with Crippen LogP contribution in [-0.4, -0.2) is 20.9 Å². The molecule has 1 aromatic heterocycles. The van der Waals surface area contributed by atoms with E-state index in [1.165, 1.54) is 18.2 Å². The van der Waals surface area contributed by atoms with Gasteiger partial charge in [-0.3, -0.25) is 9.10 Å². The van der Waals surface area contributed by atoms with Crippen molar-refractivity contribution in [1.29, 1.82) is 0 Å². The molecule has 0 atom stereocenters. The standard InChI is InChI=1S/C20H19FN2O3S2/c1-14-5-6-15(2)18(12-14)22-19(24)13-23(17-9-7-16(21)8-10-17)28(25,26)20-4-3-11-27-20/h3-12H,13H2,1-2H3,(H,22,24). The molecule has 0 saturated carbocycles. The summed E-state index contributed by atoms with van der Waals surface area (Å²) in [5.41, 5.74) is 2.68. The van der Waals surface area contributed by atoms with Gasteiger partial charge in [0.25, 0.3) is 10.0 Å². The van der Waals surface area contributed by atoms with E-state index in [1.807, 2.05) is 32.0 Å². The lowest BCUT2D eigenvalue weighted by Crippen LogP contribution is -2.38. The number of anilines is 2. The van der Waals surface area contributed by atoms with Crippen LogP contribution in [0.1, 0.15) is 11.1 Å². The minimum absolute atomic E-state index is 0.108. The van der Waals surface area contributed by atoms with Crippen molar-refractivity contribution in [3.63, 3.8) is 0 Å². The van der Waals surface area contributed by atoms with Crippen LogP contribution in [0.2, 0.25) is 0 Å². The van der Waals surface area contributed by atoms with Crippen molar-refractivity contribution in [3.8, 4) is 0 Å². The third-order valence-corrected chi connectivity index (χ3v) is 7.26. The van der Waals surface area contributed by atoms with Crippen molar-refractivity contribution in [3.05, 3.63) is 76.9 Å². The SMILES string of the molecule is Cc1ccc(C)c(NC(=O)CN(c2ccc(F)cc2)S(=O)(=O)c2cccs2)c1. The monoisotopic (exact) mass is 418 g/mol. The molecule has 0 aliphatic rings. The number of thiophene rings is 1. The van der Waals surface area contributed by atoms with Gasteiger partial charge in [0, 0.05) is 5.69 Å². The van der Waals surface area contributed by atoms with Gasteiger partial charge >= 0.3 is 0 Å². The summed E-state index contributed by atoms with van der Waals surface area (Å²) < 4.78 is 40.5. The van der Waals surface area contributed by atoms with Gasteiger partial charge in [-0.25, -0.2) is 12.8 Å². The quantitative estimate of drug-likeness (QED) is 0.648. The van der Waals surface area contributed by atoms with E-state index in [4.69, 9.17) is 0 Å². The van der Waals surface area contributed by atoms with Crippen molar-refractivity contribution < 1.29 is 17.6 Å². The van der Waals surface area contributed by atoms with Crippen LogP contribution in [0, 0.1) is 19.7 Å². The van der Waals surface area contributed by atoms with Crippen molar-refractivity contribution in [2.75, 3.05) is 16.2 Å². The van der Waals surface area contributed by atoms with Crippen LogP contribution in [0.5, 0.6) is 0 Å². The lowest BCUT2D eigenvalue weighted by molar-refractivity contribution is -0.114. The number of carbonyl (C=O) groups excluding carboxylic acids is 1. The maximum absolute atomic E-state index is 13.3. The van der Waals surface area contributed by atoms with Crippen LogP contribution in [0.3, 0.4) is 0 Å². The Morgan fingerprint density at radius 3 is 2.46 bits per heavy atom. The maximum atomic E-state index is 13.3. The molecule has 3 aromatic rings. The molecule has 0 bridgehead atoms. The summed E-state index contributed by atoms with van der Waals surface area (Å²) in [4.78, 5) is 12.7. The first-order valence-corrected chi connectivity index (χ1v) is 10.8. The minimum Gasteiger partial charge on any atom is -0.324 e. The Morgan fingerprint density at radius 1 is 1.11 bits per heavy atom. The molecule has 0 aliphatic heterocycles. The van der Waals surface area contributed by atoms with E-state index in [1.54, 1.807) is 11.4 Å². The van der Waals surface area contributed by atoms with Crippen molar-refractivity contribution in [2.45, 2.75) is 18.1 Å². The van der Waals surface area contributed by atoms with Crippen LogP contribution < -0.4 is 9.62 Å². The smallest absolute Gasteiger partial charge is 0.274 e. The number of rotatable bonds is 6. The molecule has 3 rings (SSSR count). The molecule has 1 heterocycles. The molecule has 5 nitrogen and oxygen atoms in total. The largest absolute Gasteiger partial charge is 0.324 e. The number of nitrogens with zero attached hydrogens (tertiary/aromatic N) is 1. The van der Waals surface area contributed by atoms with Crippen LogP contribution in [0.15, 0.2) is 64.2 Å². The van der Waals surface area contributed by atoms with E-state index in [-0.39, 0.29) is 9.90 Å². The molecule has 1 amide bonds. The van der Waals surface area contributed by atoms with Crippen molar-refractivity contribution >= 4 is 38.6 Å². The Kier molecular flexibility index (Phi) is 5.81. The van der Waals surface area contributed by atoms with Gasteiger partial charge < -0.3 is 5.32 Å². The van der Waals surface area contributed by atoms with Crippen LogP contribution >= 0.6 is 11.3 Å². The molecule has 2 aromatic carbocycles. The number of benzene rings is 2. The number of aryl methyl sites for hydroxylation is 2. The number of amides is 1. The summed E-state index contributed by atoms with van der Waals surface area (Å²) in [6.07, 6.45) is 0. The number of nitrogens with one attached hydrogen (secondary N) is 1. The molecule has 0 aliphatic carbocycles. The third-order valence-electron chi connectivity index (χ3n) is 4.11. The predicted molar refractivity (Wildman–Crippen MR) is 110 cm³/mol. The van der Waals surface area contributed by atoms with Gasteiger partial charge in [-0.05, 0) is 66.8 Å². The zero-order valence-electron chi connectivity index (χ0n) is 15.3. The fourth-order valence-corrected chi connectivity index (χ4v) is 5.16. The zero-order chi connectivity index (χ0) is 20.3. The fourth-order valence-electron chi connectivity index (χ4n) is 2.63. The van der Waals surface area contributed by atoms with Crippen LogP contribution in [0.25, 0.3) is 0 Å². The number of hydrogen-bond donors (Lipinski definition) is 1.